The average Bonchev–Trinajstić information content (AvgIpc) is 2.46. The van der Waals surface area contributed by atoms with Gasteiger partial charge in [-0.25, -0.2) is 4.39 Å². The zero-order valence-electron chi connectivity index (χ0n) is 11.5. The van der Waals surface area contributed by atoms with Crippen LogP contribution in [0.25, 0.3) is 0 Å². The normalized spacial score (nSPS) is 16.8. The van der Waals surface area contributed by atoms with Crippen molar-refractivity contribution >= 4 is 5.91 Å². The van der Waals surface area contributed by atoms with Gasteiger partial charge in [-0.15, -0.1) is 0 Å². The number of piperidine rings is 1. The number of benzene rings is 1. The molecule has 1 fully saturated rings. The maximum absolute atomic E-state index is 13.7. The van der Waals surface area contributed by atoms with Crippen molar-refractivity contribution in [1.29, 1.82) is 0 Å². The molecule has 2 rings (SSSR count). The minimum atomic E-state index is -4.60. The Kier molecular flexibility index (Phi) is 4.51. The second kappa shape index (κ2) is 6.01. The second-order valence-corrected chi connectivity index (χ2v) is 5.09. The van der Waals surface area contributed by atoms with Crippen LogP contribution < -0.4 is 5.32 Å². The number of carbonyl (C=O) groups excluding carboxylic acids is 1. The second-order valence-electron chi connectivity index (χ2n) is 5.09. The molecule has 0 aromatic heterocycles. The van der Waals surface area contributed by atoms with Crippen LogP contribution in [0.2, 0.25) is 0 Å². The quantitative estimate of drug-likeness (QED) is 0.852. The highest BCUT2D eigenvalue weighted by Crippen LogP contribution is 2.30. The number of hydrogen-bond donors (Lipinski definition) is 1. The molecule has 1 aromatic rings. The van der Waals surface area contributed by atoms with Crippen molar-refractivity contribution in [3.63, 3.8) is 0 Å². The molecule has 1 N–H and O–H groups in total. The van der Waals surface area contributed by atoms with Gasteiger partial charge in [0.05, 0.1) is 11.1 Å². The van der Waals surface area contributed by atoms with E-state index in [-0.39, 0.29) is 6.04 Å². The highest BCUT2D eigenvalue weighted by Gasteiger charge is 2.33. The van der Waals surface area contributed by atoms with E-state index in [1.165, 1.54) is 11.9 Å². The third kappa shape index (κ3) is 3.53. The SMILES string of the molecule is CN(C(=O)c1cc(C(F)(F)F)ccc1F)C1CCNCC1. The van der Waals surface area contributed by atoms with E-state index in [0.717, 1.165) is 13.1 Å². The van der Waals surface area contributed by atoms with Crippen molar-refractivity contribution in [2.24, 2.45) is 0 Å². The summed E-state index contributed by atoms with van der Waals surface area (Å²) in [5.41, 5.74) is -1.56. The molecule has 1 amide bonds. The van der Waals surface area contributed by atoms with Crippen molar-refractivity contribution in [3.8, 4) is 0 Å². The Morgan fingerprint density at radius 3 is 2.48 bits per heavy atom. The number of nitrogens with one attached hydrogen (secondary N) is 1. The summed E-state index contributed by atoms with van der Waals surface area (Å²) in [5.74, 6) is -1.65. The number of alkyl halides is 3. The zero-order chi connectivity index (χ0) is 15.6. The third-order valence-corrected chi connectivity index (χ3v) is 3.70. The van der Waals surface area contributed by atoms with E-state index in [9.17, 15) is 22.4 Å². The molecule has 1 aliphatic rings. The van der Waals surface area contributed by atoms with Gasteiger partial charge in [-0.1, -0.05) is 0 Å². The van der Waals surface area contributed by atoms with Crippen LogP contribution in [0.5, 0.6) is 0 Å². The van der Waals surface area contributed by atoms with Crippen LogP contribution in [0.3, 0.4) is 0 Å². The van der Waals surface area contributed by atoms with Crippen LogP contribution in [0.1, 0.15) is 28.8 Å². The predicted octanol–water partition coefficient (Wildman–Crippen LogP) is 2.67. The number of nitrogens with zero attached hydrogens (tertiary/aromatic N) is 1. The van der Waals surface area contributed by atoms with Gasteiger partial charge < -0.3 is 10.2 Å². The summed E-state index contributed by atoms with van der Waals surface area (Å²) in [5, 5.41) is 3.13. The lowest BCUT2D eigenvalue weighted by molar-refractivity contribution is -0.137. The Balaban J connectivity index is 2.25. The van der Waals surface area contributed by atoms with Crippen LogP contribution in [0, 0.1) is 5.82 Å². The van der Waals surface area contributed by atoms with Crippen molar-refractivity contribution in [1.82, 2.24) is 10.2 Å². The van der Waals surface area contributed by atoms with Gasteiger partial charge in [0.1, 0.15) is 5.82 Å². The van der Waals surface area contributed by atoms with Crippen LogP contribution in [-0.2, 0) is 6.18 Å². The molecule has 7 heteroatoms. The number of hydrogen-bond acceptors (Lipinski definition) is 2. The summed E-state index contributed by atoms with van der Waals surface area (Å²) in [4.78, 5) is 13.6. The molecular weight excluding hydrogens is 288 g/mol. The maximum Gasteiger partial charge on any atom is 0.416 e. The molecule has 0 atom stereocenters. The van der Waals surface area contributed by atoms with E-state index in [1.807, 2.05) is 0 Å². The standard InChI is InChI=1S/C14H16F4N2O/c1-20(10-4-6-19-7-5-10)13(21)11-8-9(14(16,17)18)2-3-12(11)15/h2-3,8,10,19H,4-7H2,1H3. The first-order valence-corrected chi connectivity index (χ1v) is 6.65. The molecular formula is C14H16F4N2O. The monoisotopic (exact) mass is 304 g/mol. The topological polar surface area (TPSA) is 32.3 Å². The zero-order valence-corrected chi connectivity index (χ0v) is 11.5. The van der Waals surface area contributed by atoms with Crippen molar-refractivity contribution < 1.29 is 22.4 Å². The Bertz CT molecular complexity index is 524. The van der Waals surface area contributed by atoms with Crippen molar-refractivity contribution in [3.05, 3.63) is 35.1 Å². The van der Waals surface area contributed by atoms with Gasteiger partial charge in [0.2, 0.25) is 0 Å². The molecule has 1 saturated heterocycles. The first-order chi connectivity index (χ1) is 9.80. The van der Waals surface area contributed by atoms with E-state index in [2.05, 4.69) is 5.32 Å². The van der Waals surface area contributed by atoms with Gasteiger partial charge >= 0.3 is 6.18 Å². The molecule has 1 heterocycles. The average molecular weight is 304 g/mol. The summed E-state index contributed by atoms with van der Waals surface area (Å²) in [6.45, 7) is 1.46. The molecule has 0 aliphatic carbocycles. The summed E-state index contributed by atoms with van der Waals surface area (Å²) < 4.78 is 51.7. The van der Waals surface area contributed by atoms with Crippen molar-refractivity contribution in [2.45, 2.75) is 25.1 Å². The minimum absolute atomic E-state index is 0.0901. The van der Waals surface area contributed by atoms with E-state index in [4.69, 9.17) is 0 Å². The third-order valence-electron chi connectivity index (χ3n) is 3.70. The van der Waals surface area contributed by atoms with E-state index >= 15 is 0 Å². The van der Waals surface area contributed by atoms with Gasteiger partial charge in [-0.2, -0.15) is 13.2 Å². The van der Waals surface area contributed by atoms with E-state index in [1.54, 1.807) is 0 Å². The van der Waals surface area contributed by atoms with Gasteiger partial charge in [0.15, 0.2) is 0 Å². The molecule has 116 valence electrons. The molecule has 0 unspecified atom stereocenters. The molecule has 1 aliphatic heterocycles. The largest absolute Gasteiger partial charge is 0.416 e. The molecule has 0 bridgehead atoms. The van der Waals surface area contributed by atoms with Crippen LogP contribution >= 0.6 is 0 Å². The Hall–Kier alpha value is -1.63. The van der Waals surface area contributed by atoms with Gasteiger partial charge in [0.25, 0.3) is 5.91 Å². The Labute approximate surface area is 119 Å². The minimum Gasteiger partial charge on any atom is -0.339 e. The first kappa shape index (κ1) is 15.8. The fourth-order valence-electron chi connectivity index (χ4n) is 2.42. The first-order valence-electron chi connectivity index (χ1n) is 6.65. The van der Waals surface area contributed by atoms with Crippen LogP contribution in [-0.4, -0.2) is 37.0 Å². The van der Waals surface area contributed by atoms with E-state index < -0.39 is 29.0 Å². The summed E-state index contributed by atoms with van der Waals surface area (Å²) in [6.07, 6.45) is -3.21. The van der Waals surface area contributed by atoms with Gasteiger partial charge in [-0.05, 0) is 44.1 Å². The summed E-state index contributed by atoms with van der Waals surface area (Å²) in [7, 11) is 1.50. The summed E-state index contributed by atoms with van der Waals surface area (Å²) in [6, 6.07) is 1.81. The fraction of sp³-hybridized carbons (Fsp3) is 0.500. The lowest BCUT2D eigenvalue weighted by Gasteiger charge is -2.31. The number of amides is 1. The van der Waals surface area contributed by atoms with E-state index in [0.29, 0.717) is 31.0 Å². The summed E-state index contributed by atoms with van der Waals surface area (Å²) >= 11 is 0. The lowest BCUT2D eigenvalue weighted by atomic mass is 10.0. The van der Waals surface area contributed by atoms with Crippen LogP contribution in [0.15, 0.2) is 18.2 Å². The van der Waals surface area contributed by atoms with Crippen molar-refractivity contribution in [2.75, 3.05) is 20.1 Å². The lowest BCUT2D eigenvalue weighted by Crippen LogP contribution is -2.44. The molecule has 0 saturated carbocycles. The smallest absolute Gasteiger partial charge is 0.339 e. The Morgan fingerprint density at radius 2 is 1.90 bits per heavy atom. The predicted molar refractivity (Wildman–Crippen MR) is 69.4 cm³/mol. The number of halogens is 4. The maximum atomic E-state index is 13.7. The number of rotatable bonds is 2. The Morgan fingerprint density at radius 1 is 1.29 bits per heavy atom. The molecule has 21 heavy (non-hydrogen) atoms. The number of carbonyl (C=O) groups is 1. The molecule has 0 radical (unpaired) electrons. The fourth-order valence-corrected chi connectivity index (χ4v) is 2.42. The molecule has 0 spiro atoms. The van der Waals surface area contributed by atoms with Crippen LogP contribution in [0.4, 0.5) is 17.6 Å². The highest BCUT2D eigenvalue weighted by molar-refractivity contribution is 5.94. The highest BCUT2D eigenvalue weighted by atomic mass is 19.4. The van der Waals surface area contributed by atoms with Gasteiger partial charge in [0, 0.05) is 13.1 Å². The molecule has 1 aromatic carbocycles. The van der Waals surface area contributed by atoms with Gasteiger partial charge in [-0.3, -0.25) is 4.79 Å². The molecule has 3 nitrogen and oxygen atoms in total.